The lowest BCUT2D eigenvalue weighted by Gasteiger charge is -2.22. The maximum atomic E-state index is 5.69. The molecule has 0 aromatic heterocycles. The maximum absolute atomic E-state index is 5.69. The summed E-state index contributed by atoms with van der Waals surface area (Å²) < 4.78 is 11.3. The molecule has 4 rings (SSSR count). The van der Waals surface area contributed by atoms with Crippen LogP contribution in [0.4, 0.5) is 0 Å². The highest BCUT2D eigenvalue weighted by Gasteiger charge is 2.28. The molecule has 1 heterocycles. The molecular formula is C18H17BrO2. The summed E-state index contributed by atoms with van der Waals surface area (Å²) in [4.78, 5) is 0.348. The molecule has 0 fully saturated rings. The van der Waals surface area contributed by atoms with Crippen LogP contribution >= 0.6 is 15.9 Å². The van der Waals surface area contributed by atoms with Gasteiger partial charge in [0, 0.05) is 4.83 Å². The lowest BCUT2D eigenvalue weighted by atomic mass is 9.96. The zero-order valence-electron chi connectivity index (χ0n) is 11.7. The molecule has 2 nitrogen and oxygen atoms in total. The van der Waals surface area contributed by atoms with Gasteiger partial charge < -0.3 is 9.47 Å². The average molecular weight is 345 g/mol. The van der Waals surface area contributed by atoms with Gasteiger partial charge >= 0.3 is 0 Å². The van der Waals surface area contributed by atoms with Crippen LogP contribution in [0.2, 0.25) is 0 Å². The van der Waals surface area contributed by atoms with E-state index in [0.29, 0.717) is 24.0 Å². The molecule has 0 amide bonds. The zero-order valence-corrected chi connectivity index (χ0v) is 13.3. The van der Waals surface area contributed by atoms with E-state index in [1.165, 1.54) is 16.7 Å². The van der Waals surface area contributed by atoms with Crippen molar-refractivity contribution >= 4 is 15.9 Å². The van der Waals surface area contributed by atoms with E-state index in [4.69, 9.17) is 9.47 Å². The molecule has 2 aromatic carbocycles. The van der Waals surface area contributed by atoms with Crippen LogP contribution in [-0.4, -0.2) is 13.2 Å². The SMILES string of the molecule is BrC(c1ccc2c(c1)OCCO2)C1Cc2ccccc2C1. The van der Waals surface area contributed by atoms with E-state index in [2.05, 4.69) is 52.3 Å². The Morgan fingerprint density at radius 2 is 1.57 bits per heavy atom. The Bertz CT molecular complexity index is 643. The summed E-state index contributed by atoms with van der Waals surface area (Å²) in [6, 6.07) is 15.1. The predicted octanol–water partition coefficient (Wildman–Crippen LogP) is 4.31. The van der Waals surface area contributed by atoms with Crippen molar-refractivity contribution in [1.82, 2.24) is 0 Å². The van der Waals surface area contributed by atoms with Crippen LogP contribution in [0.25, 0.3) is 0 Å². The van der Waals surface area contributed by atoms with Gasteiger partial charge in [0.05, 0.1) is 0 Å². The number of benzene rings is 2. The Balaban J connectivity index is 1.57. The minimum atomic E-state index is 0.348. The Kier molecular flexibility index (Phi) is 3.38. The lowest BCUT2D eigenvalue weighted by molar-refractivity contribution is 0.171. The first-order chi connectivity index (χ1) is 10.3. The predicted molar refractivity (Wildman–Crippen MR) is 86.4 cm³/mol. The summed E-state index contributed by atoms with van der Waals surface area (Å²) >= 11 is 3.90. The fourth-order valence-electron chi connectivity index (χ4n) is 3.30. The quantitative estimate of drug-likeness (QED) is 0.755. The lowest BCUT2D eigenvalue weighted by Crippen LogP contribution is -2.16. The number of alkyl halides is 1. The zero-order chi connectivity index (χ0) is 14.2. The number of hydrogen-bond donors (Lipinski definition) is 0. The number of halogens is 1. The summed E-state index contributed by atoms with van der Waals surface area (Å²) in [5.74, 6) is 2.34. The van der Waals surface area contributed by atoms with E-state index in [-0.39, 0.29) is 0 Å². The van der Waals surface area contributed by atoms with Crippen molar-refractivity contribution in [2.75, 3.05) is 13.2 Å². The van der Waals surface area contributed by atoms with Crippen molar-refractivity contribution in [3.8, 4) is 11.5 Å². The molecule has 1 aliphatic carbocycles. The fraction of sp³-hybridized carbons (Fsp3) is 0.333. The topological polar surface area (TPSA) is 18.5 Å². The third-order valence-electron chi connectivity index (χ3n) is 4.38. The Morgan fingerprint density at radius 1 is 0.905 bits per heavy atom. The van der Waals surface area contributed by atoms with Crippen molar-refractivity contribution in [3.05, 3.63) is 59.2 Å². The van der Waals surface area contributed by atoms with Crippen LogP contribution in [0.3, 0.4) is 0 Å². The molecule has 0 N–H and O–H groups in total. The van der Waals surface area contributed by atoms with Gasteiger partial charge in [-0.2, -0.15) is 0 Å². The second-order valence-corrected chi connectivity index (χ2v) is 6.73. The van der Waals surface area contributed by atoms with Crippen molar-refractivity contribution in [3.63, 3.8) is 0 Å². The van der Waals surface area contributed by atoms with Gasteiger partial charge in [-0.1, -0.05) is 46.3 Å². The Labute approximate surface area is 133 Å². The molecule has 1 aliphatic heterocycles. The van der Waals surface area contributed by atoms with Gasteiger partial charge in [-0.05, 0) is 47.6 Å². The van der Waals surface area contributed by atoms with Gasteiger partial charge in [0.25, 0.3) is 0 Å². The second-order valence-electron chi connectivity index (χ2n) is 5.74. The molecule has 1 atom stereocenters. The molecule has 0 saturated carbocycles. The first kappa shape index (κ1) is 13.2. The van der Waals surface area contributed by atoms with Crippen LogP contribution in [0.1, 0.15) is 21.5 Å². The minimum absolute atomic E-state index is 0.348. The highest BCUT2D eigenvalue weighted by atomic mass is 79.9. The van der Waals surface area contributed by atoms with Crippen molar-refractivity contribution in [2.45, 2.75) is 17.7 Å². The van der Waals surface area contributed by atoms with E-state index < -0.39 is 0 Å². The summed E-state index contributed by atoms with van der Waals surface area (Å²) in [7, 11) is 0. The van der Waals surface area contributed by atoms with Gasteiger partial charge in [0.2, 0.25) is 0 Å². The third-order valence-corrected chi connectivity index (χ3v) is 5.66. The monoisotopic (exact) mass is 344 g/mol. The Morgan fingerprint density at radius 3 is 2.29 bits per heavy atom. The Hall–Kier alpha value is -1.48. The average Bonchev–Trinajstić information content (AvgIpc) is 2.97. The van der Waals surface area contributed by atoms with E-state index in [9.17, 15) is 0 Å². The van der Waals surface area contributed by atoms with E-state index in [1.54, 1.807) is 0 Å². The molecule has 3 heteroatoms. The highest BCUT2D eigenvalue weighted by Crippen LogP contribution is 2.42. The number of rotatable bonds is 2. The summed E-state index contributed by atoms with van der Waals surface area (Å²) in [6.45, 7) is 1.28. The molecule has 0 saturated heterocycles. The molecule has 0 bridgehead atoms. The van der Waals surface area contributed by atoms with Crippen molar-refractivity contribution in [2.24, 2.45) is 5.92 Å². The van der Waals surface area contributed by atoms with Crippen molar-refractivity contribution < 1.29 is 9.47 Å². The smallest absolute Gasteiger partial charge is 0.161 e. The molecule has 2 aromatic rings. The van der Waals surface area contributed by atoms with E-state index in [0.717, 1.165) is 24.3 Å². The first-order valence-corrected chi connectivity index (χ1v) is 8.33. The largest absolute Gasteiger partial charge is 0.486 e. The van der Waals surface area contributed by atoms with Crippen molar-refractivity contribution in [1.29, 1.82) is 0 Å². The van der Waals surface area contributed by atoms with Crippen LogP contribution in [0.15, 0.2) is 42.5 Å². The number of fused-ring (bicyclic) bond motifs is 2. The van der Waals surface area contributed by atoms with Crippen LogP contribution in [0, 0.1) is 5.92 Å². The fourth-order valence-corrected chi connectivity index (χ4v) is 3.96. The second kappa shape index (κ2) is 5.38. The van der Waals surface area contributed by atoms with Gasteiger partial charge in [-0.25, -0.2) is 0 Å². The van der Waals surface area contributed by atoms with Gasteiger partial charge in [0.15, 0.2) is 11.5 Å². The van der Waals surface area contributed by atoms with Crippen LogP contribution in [-0.2, 0) is 12.8 Å². The summed E-state index contributed by atoms with van der Waals surface area (Å²) in [6.07, 6.45) is 2.28. The molecule has 0 radical (unpaired) electrons. The normalized spacial score (nSPS) is 18.3. The molecular weight excluding hydrogens is 328 g/mol. The standard InChI is InChI=1S/C18H17BrO2/c19-18(15-9-12-3-1-2-4-13(12)10-15)14-5-6-16-17(11-14)21-8-7-20-16/h1-6,11,15,18H,7-10H2. The summed E-state index contributed by atoms with van der Waals surface area (Å²) in [5.41, 5.74) is 4.26. The highest BCUT2D eigenvalue weighted by molar-refractivity contribution is 9.09. The summed E-state index contributed by atoms with van der Waals surface area (Å²) in [5, 5.41) is 0. The molecule has 108 valence electrons. The molecule has 21 heavy (non-hydrogen) atoms. The van der Waals surface area contributed by atoms with Crippen LogP contribution in [0.5, 0.6) is 11.5 Å². The third kappa shape index (κ3) is 2.44. The van der Waals surface area contributed by atoms with Gasteiger partial charge in [-0.3, -0.25) is 0 Å². The first-order valence-electron chi connectivity index (χ1n) is 7.41. The maximum Gasteiger partial charge on any atom is 0.161 e. The van der Waals surface area contributed by atoms with E-state index >= 15 is 0 Å². The van der Waals surface area contributed by atoms with Gasteiger partial charge in [-0.15, -0.1) is 0 Å². The van der Waals surface area contributed by atoms with E-state index in [1.807, 2.05) is 6.07 Å². The van der Waals surface area contributed by atoms with Crippen LogP contribution < -0.4 is 9.47 Å². The molecule has 2 aliphatic rings. The number of ether oxygens (including phenoxy) is 2. The number of hydrogen-bond acceptors (Lipinski definition) is 2. The van der Waals surface area contributed by atoms with Gasteiger partial charge in [0.1, 0.15) is 13.2 Å². The molecule has 0 spiro atoms. The minimum Gasteiger partial charge on any atom is -0.486 e. The molecule has 1 unspecified atom stereocenters.